The monoisotopic (exact) mass is 517 g/mol. The highest BCUT2D eigenvalue weighted by Gasteiger charge is 2.25. The zero-order valence-corrected chi connectivity index (χ0v) is 21.1. The molecule has 0 aliphatic heterocycles. The summed E-state index contributed by atoms with van der Waals surface area (Å²) in [5, 5.41) is 12.2. The molecule has 9 heteroatoms. The van der Waals surface area contributed by atoms with Crippen LogP contribution >= 0.6 is 23.1 Å². The summed E-state index contributed by atoms with van der Waals surface area (Å²) >= 11 is 2.95. The fourth-order valence-electron chi connectivity index (χ4n) is 4.89. The third-order valence-electron chi connectivity index (χ3n) is 6.63. The lowest BCUT2D eigenvalue weighted by Gasteiger charge is -2.25. The number of nitrogens with one attached hydrogen (secondary N) is 1. The van der Waals surface area contributed by atoms with Crippen molar-refractivity contribution in [1.82, 2.24) is 24.7 Å². The molecule has 6 rings (SSSR count). The first-order valence-electron chi connectivity index (χ1n) is 12.1. The van der Waals surface area contributed by atoms with Gasteiger partial charge in [0.2, 0.25) is 0 Å². The number of halogens is 1. The first-order chi connectivity index (χ1) is 17.7. The van der Waals surface area contributed by atoms with Gasteiger partial charge in [0.25, 0.3) is 5.56 Å². The van der Waals surface area contributed by atoms with Gasteiger partial charge in [0.05, 0.1) is 16.7 Å². The number of aromatic amines is 1. The smallest absolute Gasteiger partial charge is 0.260 e. The minimum atomic E-state index is -0.304. The Bertz CT molecular complexity index is 1570. The molecule has 0 saturated heterocycles. The molecule has 1 aliphatic rings. The van der Waals surface area contributed by atoms with Crippen LogP contribution in [0.4, 0.5) is 4.39 Å². The standard InChI is InChI=1S/C27H24FN5OS2/c28-21-14-8-7-13-19(21)24-31-32-27(33(24)18-11-5-2-6-12-18)36-16-22-29-25(34)23-20(15-35-26(23)30-22)17-9-3-1-4-10-17/h1,3-4,7-10,13-15,18H,2,5-6,11-12,16H2,(H,29,30,34). The van der Waals surface area contributed by atoms with Crippen LogP contribution in [0.5, 0.6) is 0 Å². The highest BCUT2D eigenvalue weighted by Crippen LogP contribution is 2.37. The summed E-state index contributed by atoms with van der Waals surface area (Å²) in [5.41, 5.74) is 2.22. The number of thioether (sulfide) groups is 1. The van der Waals surface area contributed by atoms with E-state index in [9.17, 15) is 9.18 Å². The lowest BCUT2D eigenvalue weighted by molar-refractivity contribution is 0.339. The Balaban J connectivity index is 1.32. The minimum Gasteiger partial charge on any atom is -0.309 e. The molecule has 0 amide bonds. The van der Waals surface area contributed by atoms with E-state index in [2.05, 4.69) is 19.7 Å². The van der Waals surface area contributed by atoms with Crippen molar-refractivity contribution in [3.05, 3.63) is 82.0 Å². The van der Waals surface area contributed by atoms with Crippen LogP contribution in [0, 0.1) is 5.82 Å². The van der Waals surface area contributed by atoms with E-state index in [1.165, 1.54) is 35.6 Å². The first kappa shape index (κ1) is 23.1. The molecule has 0 spiro atoms. The molecule has 0 unspecified atom stereocenters. The molecule has 2 aromatic carbocycles. The average molecular weight is 518 g/mol. The molecular formula is C27H24FN5OS2. The van der Waals surface area contributed by atoms with Crippen LogP contribution in [0.25, 0.3) is 32.7 Å². The molecule has 0 atom stereocenters. The first-order valence-corrected chi connectivity index (χ1v) is 13.9. The van der Waals surface area contributed by atoms with E-state index >= 15 is 0 Å². The lowest BCUT2D eigenvalue weighted by Crippen LogP contribution is -2.15. The third-order valence-corrected chi connectivity index (χ3v) is 8.46. The number of fused-ring (bicyclic) bond motifs is 1. The normalized spacial score (nSPS) is 14.5. The summed E-state index contributed by atoms with van der Waals surface area (Å²) in [6.45, 7) is 0. The van der Waals surface area contributed by atoms with Gasteiger partial charge in [-0.3, -0.25) is 9.36 Å². The summed E-state index contributed by atoms with van der Waals surface area (Å²) in [5.74, 6) is 1.28. The maximum Gasteiger partial charge on any atom is 0.260 e. The molecule has 1 saturated carbocycles. The van der Waals surface area contributed by atoms with Crippen LogP contribution in [0.15, 0.2) is 69.9 Å². The molecule has 0 bridgehead atoms. The fourth-order valence-corrected chi connectivity index (χ4v) is 6.74. The molecule has 1 aliphatic carbocycles. The van der Waals surface area contributed by atoms with Gasteiger partial charge in [0.1, 0.15) is 16.5 Å². The molecule has 36 heavy (non-hydrogen) atoms. The predicted octanol–water partition coefficient (Wildman–Crippen LogP) is 6.85. The number of hydrogen-bond acceptors (Lipinski definition) is 6. The third kappa shape index (κ3) is 4.37. The number of hydrogen-bond donors (Lipinski definition) is 1. The lowest BCUT2D eigenvalue weighted by atomic mass is 9.95. The summed E-state index contributed by atoms with van der Waals surface area (Å²) in [7, 11) is 0. The number of aromatic nitrogens is 5. The van der Waals surface area contributed by atoms with Gasteiger partial charge in [0, 0.05) is 17.0 Å². The van der Waals surface area contributed by atoms with Crippen molar-refractivity contribution in [2.24, 2.45) is 0 Å². The van der Waals surface area contributed by atoms with E-state index in [4.69, 9.17) is 4.98 Å². The van der Waals surface area contributed by atoms with E-state index in [-0.39, 0.29) is 17.4 Å². The van der Waals surface area contributed by atoms with Crippen molar-refractivity contribution in [3.63, 3.8) is 0 Å². The molecule has 5 aromatic rings. The van der Waals surface area contributed by atoms with Crippen LogP contribution in [-0.4, -0.2) is 24.7 Å². The molecular weight excluding hydrogens is 493 g/mol. The van der Waals surface area contributed by atoms with Crippen molar-refractivity contribution in [2.75, 3.05) is 0 Å². The maximum atomic E-state index is 14.7. The number of benzene rings is 2. The average Bonchev–Trinajstić information content (AvgIpc) is 3.54. The van der Waals surface area contributed by atoms with E-state index in [1.807, 2.05) is 41.8 Å². The number of rotatable bonds is 6. The molecule has 1 N–H and O–H groups in total. The SMILES string of the molecule is O=c1[nH]c(CSc2nnc(-c3ccccc3F)n2C2CCCCC2)nc2scc(-c3ccccc3)c12. The van der Waals surface area contributed by atoms with Gasteiger partial charge < -0.3 is 4.98 Å². The Kier molecular flexibility index (Phi) is 6.41. The molecule has 0 radical (unpaired) electrons. The van der Waals surface area contributed by atoms with E-state index < -0.39 is 0 Å². The van der Waals surface area contributed by atoms with Crippen molar-refractivity contribution < 1.29 is 4.39 Å². The highest BCUT2D eigenvalue weighted by atomic mass is 32.2. The fraction of sp³-hybridized carbons (Fsp3) is 0.259. The van der Waals surface area contributed by atoms with E-state index in [1.54, 1.807) is 12.1 Å². The molecule has 6 nitrogen and oxygen atoms in total. The Morgan fingerprint density at radius 1 is 1.00 bits per heavy atom. The van der Waals surface area contributed by atoms with Crippen LogP contribution in [-0.2, 0) is 5.75 Å². The van der Waals surface area contributed by atoms with Gasteiger partial charge in [-0.05, 0) is 30.5 Å². The van der Waals surface area contributed by atoms with Gasteiger partial charge in [-0.2, -0.15) is 0 Å². The minimum absolute atomic E-state index is 0.142. The van der Waals surface area contributed by atoms with Gasteiger partial charge in [0.15, 0.2) is 11.0 Å². The largest absolute Gasteiger partial charge is 0.309 e. The van der Waals surface area contributed by atoms with Crippen molar-refractivity contribution >= 4 is 33.3 Å². The second-order valence-electron chi connectivity index (χ2n) is 8.94. The zero-order valence-electron chi connectivity index (χ0n) is 19.5. The second kappa shape index (κ2) is 9.99. The van der Waals surface area contributed by atoms with Crippen molar-refractivity contribution in [2.45, 2.75) is 49.1 Å². The zero-order chi connectivity index (χ0) is 24.5. The van der Waals surface area contributed by atoms with Gasteiger partial charge in [-0.25, -0.2) is 9.37 Å². The van der Waals surface area contributed by atoms with Crippen LogP contribution in [0.2, 0.25) is 0 Å². The van der Waals surface area contributed by atoms with E-state index in [0.29, 0.717) is 33.2 Å². The molecule has 1 fully saturated rings. The van der Waals surface area contributed by atoms with Crippen LogP contribution < -0.4 is 5.56 Å². The number of H-pyrrole nitrogens is 1. The topological polar surface area (TPSA) is 76.5 Å². The molecule has 3 aromatic heterocycles. The van der Waals surface area contributed by atoms with Gasteiger partial charge >= 0.3 is 0 Å². The quantitative estimate of drug-likeness (QED) is 0.249. The number of nitrogens with zero attached hydrogens (tertiary/aromatic N) is 4. The molecule has 182 valence electrons. The van der Waals surface area contributed by atoms with Crippen LogP contribution in [0.3, 0.4) is 0 Å². The Morgan fingerprint density at radius 2 is 1.78 bits per heavy atom. The Labute approximate surface area is 215 Å². The maximum absolute atomic E-state index is 14.7. The van der Waals surface area contributed by atoms with Crippen molar-refractivity contribution in [1.29, 1.82) is 0 Å². The Hall–Kier alpha value is -3.30. The van der Waals surface area contributed by atoms with Gasteiger partial charge in [-0.15, -0.1) is 21.5 Å². The highest BCUT2D eigenvalue weighted by molar-refractivity contribution is 7.98. The second-order valence-corrected chi connectivity index (χ2v) is 10.7. The summed E-state index contributed by atoms with van der Waals surface area (Å²) in [4.78, 5) is 21.5. The predicted molar refractivity (Wildman–Crippen MR) is 143 cm³/mol. The van der Waals surface area contributed by atoms with Gasteiger partial charge in [-0.1, -0.05) is 73.5 Å². The van der Waals surface area contributed by atoms with Crippen molar-refractivity contribution in [3.8, 4) is 22.5 Å². The van der Waals surface area contributed by atoms with E-state index in [0.717, 1.165) is 42.0 Å². The summed E-state index contributed by atoms with van der Waals surface area (Å²) in [6, 6.07) is 16.8. The summed E-state index contributed by atoms with van der Waals surface area (Å²) in [6.07, 6.45) is 5.53. The molecule has 3 heterocycles. The Morgan fingerprint density at radius 3 is 2.58 bits per heavy atom. The van der Waals surface area contributed by atoms with Crippen LogP contribution in [0.1, 0.15) is 44.0 Å². The summed E-state index contributed by atoms with van der Waals surface area (Å²) < 4.78 is 16.8. The number of thiophene rings is 1.